The third kappa shape index (κ3) is 0.775. The van der Waals surface area contributed by atoms with Crippen molar-refractivity contribution in [3.8, 4) is 0 Å². The molecule has 3 atom stereocenters. The Balaban J connectivity index is 2.19. The zero-order chi connectivity index (χ0) is 8.98. The maximum absolute atomic E-state index is 3.53. The van der Waals surface area contributed by atoms with E-state index < -0.39 is 0 Å². The van der Waals surface area contributed by atoms with E-state index >= 15 is 0 Å². The molecular formula is C10H20N2. The van der Waals surface area contributed by atoms with E-state index in [2.05, 4.69) is 37.9 Å². The molecule has 1 N–H and O–H groups in total. The highest BCUT2D eigenvalue weighted by Gasteiger charge is 2.68. The highest BCUT2D eigenvalue weighted by Crippen LogP contribution is 2.54. The standard InChI is InChI=1S/C10H20N2/c1-5-8-6-11-7-10(4)9(2,3)12(8)10/h8,11H,5-7H2,1-4H3. The zero-order valence-corrected chi connectivity index (χ0v) is 8.65. The monoisotopic (exact) mass is 168 g/mol. The fourth-order valence-corrected chi connectivity index (χ4v) is 2.92. The molecule has 2 heteroatoms. The summed E-state index contributed by atoms with van der Waals surface area (Å²) < 4.78 is 0. The summed E-state index contributed by atoms with van der Waals surface area (Å²) in [5.74, 6) is 0. The quantitative estimate of drug-likeness (QED) is 0.592. The molecule has 0 spiro atoms. The summed E-state index contributed by atoms with van der Waals surface area (Å²) in [6.07, 6.45) is 1.27. The number of hydrogen-bond donors (Lipinski definition) is 1. The zero-order valence-electron chi connectivity index (χ0n) is 8.65. The predicted molar refractivity (Wildman–Crippen MR) is 51.3 cm³/mol. The largest absolute Gasteiger partial charge is 0.313 e. The average Bonchev–Trinajstić information content (AvgIpc) is 2.47. The minimum absolute atomic E-state index is 0.428. The Morgan fingerprint density at radius 3 is 2.58 bits per heavy atom. The minimum atomic E-state index is 0.428. The highest BCUT2D eigenvalue weighted by molar-refractivity contribution is 5.26. The molecule has 2 saturated heterocycles. The van der Waals surface area contributed by atoms with Crippen molar-refractivity contribution in [3.05, 3.63) is 0 Å². The van der Waals surface area contributed by atoms with Gasteiger partial charge in [0, 0.05) is 30.2 Å². The Kier molecular flexibility index (Phi) is 1.59. The van der Waals surface area contributed by atoms with Crippen LogP contribution in [0.3, 0.4) is 0 Å². The van der Waals surface area contributed by atoms with Crippen LogP contribution in [0.25, 0.3) is 0 Å². The molecule has 3 unspecified atom stereocenters. The van der Waals surface area contributed by atoms with E-state index in [1.54, 1.807) is 0 Å². The van der Waals surface area contributed by atoms with E-state index in [9.17, 15) is 0 Å². The minimum Gasteiger partial charge on any atom is -0.313 e. The second-order valence-corrected chi connectivity index (χ2v) is 4.90. The van der Waals surface area contributed by atoms with E-state index in [4.69, 9.17) is 0 Å². The lowest BCUT2D eigenvalue weighted by atomic mass is 9.98. The maximum Gasteiger partial charge on any atom is 0.0493 e. The summed E-state index contributed by atoms with van der Waals surface area (Å²) in [5, 5.41) is 3.53. The number of nitrogens with zero attached hydrogens (tertiary/aromatic N) is 1. The van der Waals surface area contributed by atoms with Gasteiger partial charge in [-0.25, -0.2) is 0 Å². The molecule has 0 aliphatic carbocycles. The molecule has 0 aromatic heterocycles. The van der Waals surface area contributed by atoms with Crippen LogP contribution in [0.5, 0.6) is 0 Å². The predicted octanol–water partition coefficient (Wildman–Crippen LogP) is 1.22. The van der Waals surface area contributed by atoms with Crippen molar-refractivity contribution in [2.45, 2.75) is 51.2 Å². The molecule has 70 valence electrons. The molecule has 0 aromatic carbocycles. The summed E-state index contributed by atoms with van der Waals surface area (Å²) in [7, 11) is 0. The van der Waals surface area contributed by atoms with Crippen molar-refractivity contribution < 1.29 is 0 Å². The van der Waals surface area contributed by atoms with Gasteiger partial charge in [0.2, 0.25) is 0 Å². The van der Waals surface area contributed by atoms with E-state index in [1.807, 2.05) is 0 Å². The molecule has 2 heterocycles. The second kappa shape index (κ2) is 2.24. The van der Waals surface area contributed by atoms with Crippen LogP contribution >= 0.6 is 0 Å². The first-order valence-electron chi connectivity index (χ1n) is 5.04. The molecule has 2 aliphatic rings. The Morgan fingerprint density at radius 1 is 1.42 bits per heavy atom. The number of fused-ring (bicyclic) bond motifs is 1. The molecule has 2 nitrogen and oxygen atoms in total. The third-order valence-corrected chi connectivity index (χ3v) is 4.09. The van der Waals surface area contributed by atoms with Crippen LogP contribution in [-0.4, -0.2) is 35.1 Å². The average molecular weight is 168 g/mol. The normalized spacial score (nSPS) is 50.0. The Bertz CT molecular complexity index is 200. The van der Waals surface area contributed by atoms with E-state index in [-0.39, 0.29) is 0 Å². The molecule has 0 bridgehead atoms. The van der Waals surface area contributed by atoms with Crippen molar-refractivity contribution in [3.63, 3.8) is 0 Å². The number of piperazine rings is 1. The molecule has 0 aromatic rings. The first-order valence-corrected chi connectivity index (χ1v) is 5.04. The SMILES string of the molecule is CCC1CNCC2(C)N1C2(C)C. The van der Waals surface area contributed by atoms with E-state index in [1.165, 1.54) is 13.0 Å². The van der Waals surface area contributed by atoms with Gasteiger partial charge in [0.1, 0.15) is 0 Å². The van der Waals surface area contributed by atoms with Gasteiger partial charge in [-0.05, 0) is 27.2 Å². The fraction of sp³-hybridized carbons (Fsp3) is 1.00. The molecule has 2 aliphatic heterocycles. The number of nitrogens with one attached hydrogen (secondary N) is 1. The maximum atomic E-state index is 3.53. The van der Waals surface area contributed by atoms with Gasteiger partial charge in [-0.15, -0.1) is 0 Å². The first-order chi connectivity index (χ1) is 5.54. The second-order valence-electron chi connectivity index (χ2n) is 4.90. The van der Waals surface area contributed by atoms with Crippen LogP contribution in [0.15, 0.2) is 0 Å². The van der Waals surface area contributed by atoms with Crippen molar-refractivity contribution in [1.29, 1.82) is 0 Å². The Morgan fingerprint density at radius 2 is 2.08 bits per heavy atom. The molecule has 12 heavy (non-hydrogen) atoms. The lowest BCUT2D eigenvalue weighted by Gasteiger charge is -2.27. The lowest BCUT2D eigenvalue weighted by molar-refractivity contribution is 0.243. The van der Waals surface area contributed by atoms with Gasteiger partial charge in [0.05, 0.1) is 0 Å². The molecule has 0 radical (unpaired) electrons. The van der Waals surface area contributed by atoms with Gasteiger partial charge in [0.25, 0.3) is 0 Å². The topological polar surface area (TPSA) is 15.0 Å². The van der Waals surface area contributed by atoms with Crippen molar-refractivity contribution in [2.75, 3.05) is 13.1 Å². The van der Waals surface area contributed by atoms with Crippen molar-refractivity contribution >= 4 is 0 Å². The summed E-state index contributed by atoms with van der Waals surface area (Å²) in [6, 6.07) is 0.763. The summed E-state index contributed by atoms with van der Waals surface area (Å²) in [5.41, 5.74) is 0.864. The van der Waals surface area contributed by atoms with Gasteiger partial charge in [-0.1, -0.05) is 6.92 Å². The van der Waals surface area contributed by atoms with Crippen LogP contribution in [-0.2, 0) is 0 Å². The molecule has 2 fully saturated rings. The van der Waals surface area contributed by atoms with Gasteiger partial charge in [0.15, 0.2) is 0 Å². The first kappa shape index (κ1) is 8.52. The molecule has 0 amide bonds. The summed E-state index contributed by atoms with van der Waals surface area (Å²) in [4.78, 5) is 2.68. The van der Waals surface area contributed by atoms with Crippen LogP contribution in [0.4, 0.5) is 0 Å². The fourth-order valence-electron chi connectivity index (χ4n) is 2.92. The van der Waals surface area contributed by atoms with Crippen LogP contribution in [0.1, 0.15) is 34.1 Å². The number of hydrogen-bond acceptors (Lipinski definition) is 2. The molecular weight excluding hydrogens is 148 g/mol. The van der Waals surface area contributed by atoms with Crippen molar-refractivity contribution in [2.24, 2.45) is 0 Å². The number of rotatable bonds is 1. The molecule has 2 rings (SSSR count). The van der Waals surface area contributed by atoms with Gasteiger partial charge >= 0.3 is 0 Å². The highest BCUT2D eigenvalue weighted by atomic mass is 15.5. The van der Waals surface area contributed by atoms with Crippen LogP contribution in [0, 0.1) is 0 Å². The van der Waals surface area contributed by atoms with Gasteiger partial charge in [-0.3, -0.25) is 4.90 Å². The third-order valence-electron chi connectivity index (χ3n) is 4.09. The molecule has 0 saturated carbocycles. The summed E-state index contributed by atoms with van der Waals surface area (Å²) in [6.45, 7) is 11.7. The van der Waals surface area contributed by atoms with Crippen LogP contribution < -0.4 is 5.32 Å². The lowest BCUT2D eigenvalue weighted by Crippen LogP contribution is -2.46. The summed E-state index contributed by atoms with van der Waals surface area (Å²) >= 11 is 0. The van der Waals surface area contributed by atoms with Crippen molar-refractivity contribution in [1.82, 2.24) is 10.2 Å². The van der Waals surface area contributed by atoms with Crippen LogP contribution in [0.2, 0.25) is 0 Å². The van der Waals surface area contributed by atoms with E-state index in [0.717, 1.165) is 12.6 Å². The van der Waals surface area contributed by atoms with E-state index in [0.29, 0.717) is 11.1 Å². The van der Waals surface area contributed by atoms with Gasteiger partial charge in [-0.2, -0.15) is 0 Å². The Labute approximate surface area is 75.3 Å². The Hall–Kier alpha value is -0.0800. The smallest absolute Gasteiger partial charge is 0.0493 e. The van der Waals surface area contributed by atoms with Gasteiger partial charge < -0.3 is 5.32 Å².